The van der Waals surface area contributed by atoms with Crippen molar-refractivity contribution in [1.29, 1.82) is 0 Å². The molecule has 3 heteroatoms. The number of rotatable bonds is 3. The summed E-state index contributed by atoms with van der Waals surface area (Å²) >= 11 is 0. The first kappa shape index (κ1) is 9.93. The van der Waals surface area contributed by atoms with Gasteiger partial charge in [-0.2, -0.15) is 0 Å². The zero-order chi connectivity index (χ0) is 10.8. The van der Waals surface area contributed by atoms with Crippen LogP contribution in [0.1, 0.15) is 12.6 Å². The molecule has 2 rings (SSSR count). The van der Waals surface area contributed by atoms with Gasteiger partial charge in [0.2, 0.25) is 0 Å². The van der Waals surface area contributed by atoms with Gasteiger partial charge in [-0.1, -0.05) is 18.2 Å². The third kappa shape index (κ3) is 2.07. The van der Waals surface area contributed by atoms with E-state index in [2.05, 4.69) is 4.98 Å². The van der Waals surface area contributed by atoms with Gasteiger partial charge in [-0.05, 0) is 24.4 Å². The van der Waals surface area contributed by atoms with E-state index in [4.69, 9.17) is 5.11 Å². The van der Waals surface area contributed by atoms with Gasteiger partial charge in [0.1, 0.15) is 6.10 Å². The average Bonchev–Trinajstić information content (AvgIpc) is 2.59. The predicted molar refractivity (Wildman–Crippen MR) is 58.7 cm³/mol. The number of H-pyrrole nitrogens is 1. The van der Waals surface area contributed by atoms with Crippen LogP contribution in [0.3, 0.4) is 0 Å². The zero-order valence-corrected chi connectivity index (χ0v) is 8.53. The summed E-state index contributed by atoms with van der Waals surface area (Å²) in [5.41, 5.74) is 1.87. The Bertz CT molecular complexity index is 452. The molecule has 0 amide bonds. The molecule has 1 aromatic heterocycles. The smallest absolute Gasteiger partial charge is 0.166 e. The van der Waals surface area contributed by atoms with E-state index in [1.165, 1.54) is 6.92 Å². The number of nitrogens with one attached hydrogen (secondary N) is 1. The number of carbonyl (C=O) groups is 1. The molecule has 2 N–H and O–H groups in total. The lowest BCUT2D eigenvalue weighted by molar-refractivity contribution is -0.125. The number of aromatic nitrogens is 1. The first-order valence-corrected chi connectivity index (χ1v) is 4.94. The van der Waals surface area contributed by atoms with E-state index in [9.17, 15) is 4.79 Å². The Balaban J connectivity index is 2.26. The molecule has 15 heavy (non-hydrogen) atoms. The maximum Gasteiger partial charge on any atom is 0.166 e. The third-order valence-corrected chi connectivity index (χ3v) is 2.42. The molecular weight excluding hydrogens is 190 g/mol. The summed E-state index contributed by atoms with van der Waals surface area (Å²) in [5, 5.41) is 10.2. The van der Waals surface area contributed by atoms with Crippen molar-refractivity contribution in [3.05, 3.63) is 36.0 Å². The summed E-state index contributed by atoms with van der Waals surface area (Å²) < 4.78 is 0. The standard InChI is InChI=1S/C12H13NO2/c1-8(14)12(15)7-10-6-9-4-2-3-5-11(9)13-10/h2-6,8,13-14H,7H2,1H3. The fourth-order valence-corrected chi connectivity index (χ4v) is 1.56. The van der Waals surface area contributed by atoms with Crippen molar-refractivity contribution in [2.45, 2.75) is 19.4 Å². The molecule has 2 aromatic rings. The van der Waals surface area contributed by atoms with E-state index in [1.807, 2.05) is 30.3 Å². The highest BCUT2D eigenvalue weighted by atomic mass is 16.3. The Kier molecular flexibility index (Phi) is 2.56. The number of para-hydroxylation sites is 1. The lowest BCUT2D eigenvalue weighted by atomic mass is 10.1. The molecule has 0 aliphatic rings. The fraction of sp³-hybridized carbons (Fsp3) is 0.250. The Labute approximate surface area is 87.7 Å². The van der Waals surface area contributed by atoms with Gasteiger partial charge in [-0.25, -0.2) is 0 Å². The number of hydrogen-bond acceptors (Lipinski definition) is 2. The molecule has 0 bridgehead atoms. The van der Waals surface area contributed by atoms with Gasteiger partial charge in [-0.15, -0.1) is 0 Å². The summed E-state index contributed by atoms with van der Waals surface area (Å²) in [6.07, 6.45) is -0.636. The van der Waals surface area contributed by atoms with Crippen LogP contribution in [-0.2, 0) is 11.2 Å². The van der Waals surface area contributed by atoms with Gasteiger partial charge in [0, 0.05) is 17.6 Å². The van der Waals surface area contributed by atoms with Crippen LogP contribution in [0.2, 0.25) is 0 Å². The Morgan fingerprint density at radius 1 is 1.47 bits per heavy atom. The first-order valence-electron chi connectivity index (χ1n) is 4.94. The minimum Gasteiger partial charge on any atom is -0.386 e. The van der Waals surface area contributed by atoms with Crippen LogP contribution in [0.15, 0.2) is 30.3 Å². The van der Waals surface area contributed by atoms with Crippen molar-refractivity contribution in [3.8, 4) is 0 Å². The highest BCUT2D eigenvalue weighted by molar-refractivity contribution is 5.87. The van der Waals surface area contributed by atoms with Crippen LogP contribution in [-0.4, -0.2) is 22.0 Å². The minimum atomic E-state index is -0.892. The molecule has 1 unspecified atom stereocenters. The van der Waals surface area contributed by atoms with Gasteiger partial charge in [-0.3, -0.25) is 4.79 Å². The van der Waals surface area contributed by atoms with Gasteiger partial charge in [0.25, 0.3) is 0 Å². The number of carbonyl (C=O) groups excluding carboxylic acids is 1. The van der Waals surface area contributed by atoms with Crippen molar-refractivity contribution in [1.82, 2.24) is 4.98 Å². The van der Waals surface area contributed by atoms with Crippen molar-refractivity contribution in [2.75, 3.05) is 0 Å². The Morgan fingerprint density at radius 3 is 2.87 bits per heavy atom. The number of aliphatic hydroxyl groups is 1. The third-order valence-electron chi connectivity index (χ3n) is 2.42. The van der Waals surface area contributed by atoms with Gasteiger partial charge >= 0.3 is 0 Å². The number of hydrogen-bond donors (Lipinski definition) is 2. The quantitative estimate of drug-likeness (QED) is 0.797. The van der Waals surface area contributed by atoms with E-state index in [1.54, 1.807) is 0 Å². The molecule has 3 nitrogen and oxygen atoms in total. The molecular formula is C12H13NO2. The van der Waals surface area contributed by atoms with Crippen LogP contribution >= 0.6 is 0 Å². The molecule has 0 fully saturated rings. The topological polar surface area (TPSA) is 53.1 Å². The van der Waals surface area contributed by atoms with Crippen LogP contribution in [0.25, 0.3) is 10.9 Å². The molecule has 0 spiro atoms. The molecule has 0 saturated carbocycles. The van der Waals surface area contributed by atoms with Crippen LogP contribution in [0.5, 0.6) is 0 Å². The Morgan fingerprint density at radius 2 is 2.20 bits per heavy atom. The van der Waals surface area contributed by atoms with Crippen molar-refractivity contribution in [2.24, 2.45) is 0 Å². The number of benzene rings is 1. The lowest BCUT2D eigenvalue weighted by Gasteiger charge is -2.00. The second kappa shape index (κ2) is 3.87. The molecule has 78 valence electrons. The highest BCUT2D eigenvalue weighted by Crippen LogP contribution is 2.15. The van der Waals surface area contributed by atoms with Gasteiger partial charge in [0.15, 0.2) is 5.78 Å². The normalized spacial score (nSPS) is 12.9. The summed E-state index contributed by atoms with van der Waals surface area (Å²) in [5.74, 6) is -0.165. The van der Waals surface area contributed by atoms with Crippen LogP contribution < -0.4 is 0 Å². The molecule has 1 aromatic carbocycles. The van der Waals surface area contributed by atoms with E-state index in [-0.39, 0.29) is 12.2 Å². The predicted octanol–water partition coefficient (Wildman–Crippen LogP) is 1.66. The number of fused-ring (bicyclic) bond motifs is 1. The number of Topliss-reactive ketones (excluding diaryl/α,β-unsaturated/α-hetero) is 1. The van der Waals surface area contributed by atoms with E-state index >= 15 is 0 Å². The second-order valence-electron chi connectivity index (χ2n) is 3.70. The maximum absolute atomic E-state index is 11.3. The van der Waals surface area contributed by atoms with E-state index in [0.29, 0.717) is 0 Å². The molecule has 1 atom stereocenters. The van der Waals surface area contributed by atoms with Crippen molar-refractivity contribution < 1.29 is 9.90 Å². The summed E-state index contributed by atoms with van der Waals surface area (Å²) in [4.78, 5) is 14.5. The van der Waals surface area contributed by atoms with Crippen molar-refractivity contribution in [3.63, 3.8) is 0 Å². The molecule has 1 heterocycles. The SMILES string of the molecule is CC(O)C(=O)Cc1cc2ccccc2[nH]1. The van der Waals surface area contributed by atoms with Gasteiger partial charge < -0.3 is 10.1 Å². The zero-order valence-electron chi connectivity index (χ0n) is 8.53. The molecule has 0 radical (unpaired) electrons. The maximum atomic E-state index is 11.3. The highest BCUT2D eigenvalue weighted by Gasteiger charge is 2.11. The largest absolute Gasteiger partial charge is 0.386 e. The van der Waals surface area contributed by atoms with Crippen LogP contribution in [0.4, 0.5) is 0 Å². The average molecular weight is 203 g/mol. The number of aliphatic hydroxyl groups excluding tert-OH is 1. The molecule has 0 aliphatic heterocycles. The summed E-state index contributed by atoms with van der Waals surface area (Å²) in [6, 6.07) is 9.79. The second-order valence-corrected chi connectivity index (χ2v) is 3.70. The lowest BCUT2D eigenvalue weighted by Crippen LogP contribution is -2.18. The van der Waals surface area contributed by atoms with E-state index in [0.717, 1.165) is 16.6 Å². The van der Waals surface area contributed by atoms with Crippen LogP contribution in [0, 0.1) is 0 Å². The first-order chi connectivity index (χ1) is 7.16. The number of ketones is 1. The number of aromatic amines is 1. The van der Waals surface area contributed by atoms with Crippen molar-refractivity contribution >= 4 is 16.7 Å². The summed E-state index contributed by atoms with van der Waals surface area (Å²) in [7, 11) is 0. The fourth-order valence-electron chi connectivity index (χ4n) is 1.56. The monoisotopic (exact) mass is 203 g/mol. The molecule has 0 saturated heterocycles. The Hall–Kier alpha value is -1.61. The van der Waals surface area contributed by atoms with E-state index < -0.39 is 6.10 Å². The van der Waals surface area contributed by atoms with Gasteiger partial charge in [0.05, 0.1) is 0 Å². The minimum absolute atomic E-state index is 0.165. The molecule has 0 aliphatic carbocycles. The summed E-state index contributed by atoms with van der Waals surface area (Å²) in [6.45, 7) is 1.49.